The molecular formula is C11H16N6O. The average molecular weight is 248 g/mol. The van der Waals surface area contributed by atoms with Gasteiger partial charge in [-0.15, -0.1) is 10.2 Å². The Labute approximate surface area is 104 Å². The van der Waals surface area contributed by atoms with Gasteiger partial charge in [-0.1, -0.05) is 0 Å². The first-order chi connectivity index (χ1) is 8.79. The molecular weight excluding hydrogens is 232 g/mol. The number of aromatic nitrogens is 6. The van der Waals surface area contributed by atoms with Gasteiger partial charge in [0.05, 0.1) is 0 Å². The third kappa shape index (κ3) is 1.80. The third-order valence-corrected chi connectivity index (χ3v) is 3.54. The molecule has 1 N–H and O–H groups in total. The molecule has 1 aliphatic rings. The van der Waals surface area contributed by atoms with Gasteiger partial charge >= 0.3 is 0 Å². The van der Waals surface area contributed by atoms with Crippen LogP contribution < -0.4 is 0 Å². The van der Waals surface area contributed by atoms with Crippen molar-refractivity contribution in [2.45, 2.75) is 32.4 Å². The first-order valence-electron chi connectivity index (χ1n) is 6.16. The highest BCUT2D eigenvalue weighted by molar-refractivity contribution is 5.04. The first kappa shape index (κ1) is 11.3. The molecule has 2 aromatic rings. The Hall–Kier alpha value is -1.76. The van der Waals surface area contributed by atoms with Crippen molar-refractivity contribution in [2.24, 2.45) is 5.92 Å². The van der Waals surface area contributed by atoms with Crippen molar-refractivity contribution in [3.05, 3.63) is 24.3 Å². The first-order valence-corrected chi connectivity index (χ1v) is 6.16. The lowest BCUT2D eigenvalue weighted by atomic mass is 10.0. The highest BCUT2D eigenvalue weighted by atomic mass is 16.3. The molecule has 2 unspecified atom stereocenters. The summed E-state index contributed by atoms with van der Waals surface area (Å²) in [4.78, 5) is 3.95. The molecule has 0 radical (unpaired) electrons. The third-order valence-electron chi connectivity index (χ3n) is 3.54. The van der Waals surface area contributed by atoms with E-state index in [0.717, 1.165) is 31.0 Å². The predicted octanol–water partition coefficient (Wildman–Crippen LogP) is 0.0336. The summed E-state index contributed by atoms with van der Waals surface area (Å²) in [6.07, 6.45) is 5.05. The van der Waals surface area contributed by atoms with E-state index in [-0.39, 0.29) is 12.6 Å². The Balaban J connectivity index is 1.92. The van der Waals surface area contributed by atoms with E-state index >= 15 is 0 Å². The van der Waals surface area contributed by atoms with E-state index in [2.05, 4.69) is 24.8 Å². The van der Waals surface area contributed by atoms with Crippen LogP contribution in [0.4, 0.5) is 0 Å². The van der Waals surface area contributed by atoms with E-state index < -0.39 is 0 Å². The zero-order chi connectivity index (χ0) is 12.5. The Morgan fingerprint density at radius 2 is 2.39 bits per heavy atom. The fourth-order valence-electron chi connectivity index (χ4n) is 2.41. The van der Waals surface area contributed by atoms with E-state index in [0.29, 0.717) is 5.92 Å². The lowest BCUT2D eigenvalue weighted by Crippen LogP contribution is -2.26. The van der Waals surface area contributed by atoms with Crippen LogP contribution in [0.2, 0.25) is 0 Å². The smallest absolute Gasteiger partial charge is 0.157 e. The summed E-state index contributed by atoms with van der Waals surface area (Å²) in [5.74, 6) is 2.19. The van der Waals surface area contributed by atoms with Crippen LogP contribution in [-0.4, -0.2) is 41.2 Å². The van der Waals surface area contributed by atoms with Gasteiger partial charge in [0.25, 0.3) is 0 Å². The normalized spacial score (nSPS) is 20.7. The number of hydrogen-bond donors (Lipinski definition) is 1. The van der Waals surface area contributed by atoms with Crippen molar-refractivity contribution in [1.29, 1.82) is 0 Å². The van der Waals surface area contributed by atoms with Crippen LogP contribution in [0.15, 0.2) is 12.7 Å². The van der Waals surface area contributed by atoms with E-state index in [1.165, 1.54) is 6.33 Å². The molecule has 0 spiro atoms. The molecule has 0 bridgehead atoms. The zero-order valence-electron chi connectivity index (χ0n) is 10.3. The Bertz CT molecular complexity index is 520. The van der Waals surface area contributed by atoms with Crippen LogP contribution >= 0.6 is 0 Å². The van der Waals surface area contributed by atoms with Gasteiger partial charge in [-0.3, -0.25) is 0 Å². The molecule has 0 amide bonds. The fraction of sp³-hybridized carbons (Fsp3) is 0.636. The Morgan fingerprint density at radius 3 is 3.11 bits per heavy atom. The zero-order valence-corrected chi connectivity index (χ0v) is 10.3. The fourth-order valence-corrected chi connectivity index (χ4v) is 2.41. The highest BCUT2D eigenvalue weighted by Crippen LogP contribution is 2.23. The number of hydrogen-bond acceptors (Lipinski definition) is 5. The molecule has 2 aromatic heterocycles. The van der Waals surface area contributed by atoms with Crippen LogP contribution in [0.3, 0.4) is 0 Å². The van der Waals surface area contributed by atoms with Gasteiger partial charge in [-0.05, 0) is 13.3 Å². The molecule has 0 aliphatic carbocycles. The van der Waals surface area contributed by atoms with Crippen molar-refractivity contribution in [1.82, 2.24) is 29.5 Å². The second kappa shape index (κ2) is 4.49. The van der Waals surface area contributed by atoms with Crippen LogP contribution in [0.25, 0.3) is 0 Å². The van der Waals surface area contributed by atoms with Gasteiger partial charge in [-0.2, -0.15) is 5.10 Å². The lowest BCUT2D eigenvalue weighted by Gasteiger charge is -2.23. The van der Waals surface area contributed by atoms with Crippen molar-refractivity contribution in [3.63, 3.8) is 0 Å². The van der Waals surface area contributed by atoms with Gasteiger partial charge in [0, 0.05) is 25.5 Å². The molecule has 0 aromatic carbocycles. The monoisotopic (exact) mass is 248 g/mol. The quantitative estimate of drug-likeness (QED) is 0.829. The van der Waals surface area contributed by atoms with Crippen LogP contribution in [0, 0.1) is 5.92 Å². The summed E-state index contributed by atoms with van der Waals surface area (Å²) >= 11 is 0. The summed E-state index contributed by atoms with van der Waals surface area (Å²) in [6.45, 7) is 3.02. The number of fused-ring (bicyclic) bond motifs is 1. The minimum atomic E-state index is 0.00573. The molecule has 0 saturated heterocycles. The van der Waals surface area contributed by atoms with Gasteiger partial charge in [0.2, 0.25) is 0 Å². The number of aliphatic hydroxyl groups is 1. The summed E-state index contributed by atoms with van der Waals surface area (Å²) < 4.78 is 3.87. The summed E-state index contributed by atoms with van der Waals surface area (Å²) in [5.41, 5.74) is 0. The van der Waals surface area contributed by atoms with Crippen LogP contribution in [0.5, 0.6) is 0 Å². The van der Waals surface area contributed by atoms with Crippen molar-refractivity contribution >= 4 is 0 Å². The molecule has 7 heteroatoms. The Morgan fingerprint density at radius 1 is 1.50 bits per heavy atom. The maximum absolute atomic E-state index is 9.29. The number of aliphatic hydroxyl groups excluding tert-OH is 1. The average Bonchev–Trinajstić information content (AvgIpc) is 3.06. The topological polar surface area (TPSA) is 81.6 Å². The lowest BCUT2D eigenvalue weighted by molar-refractivity contribution is 0.188. The van der Waals surface area contributed by atoms with Gasteiger partial charge in [0.15, 0.2) is 5.82 Å². The van der Waals surface area contributed by atoms with E-state index in [1.54, 1.807) is 11.0 Å². The molecule has 0 fully saturated rings. The van der Waals surface area contributed by atoms with E-state index in [9.17, 15) is 5.11 Å². The molecule has 96 valence electrons. The number of aryl methyl sites for hydroxylation is 1. The standard InChI is InChI=1S/C11H16N6O/c1-8(17-7-12-6-13-17)11-15-14-10-3-2-9(5-18)4-16(10)11/h6-9,18H,2-5H2,1H3. The van der Waals surface area contributed by atoms with Crippen LogP contribution in [-0.2, 0) is 13.0 Å². The van der Waals surface area contributed by atoms with Gasteiger partial charge in [-0.25, -0.2) is 9.67 Å². The van der Waals surface area contributed by atoms with Gasteiger partial charge in [0.1, 0.15) is 24.5 Å². The molecule has 0 saturated carbocycles. The molecule has 18 heavy (non-hydrogen) atoms. The molecule has 3 rings (SSSR count). The Kier molecular flexibility index (Phi) is 2.83. The number of rotatable bonds is 3. The summed E-state index contributed by atoms with van der Waals surface area (Å²) in [6, 6.07) is 0.00573. The minimum Gasteiger partial charge on any atom is -0.396 e. The van der Waals surface area contributed by atoms with Gasteiger partial charge < -0.3 is 9.67 Å². The maximum Gasteiger partial charge on any atom is 0.157 e. The predicted molar refractivity (Wildman–Crippen MR) is 62.8 cm³/mol. The number of nitrogens with zero attached hydrogens (tertiary/aromatic N) is 6. The molecule has 7 nitrogen and oxygen atoms in total. The van der Waals surface area contributed by atoms with Crippen molar-refractivity contribution in [2.75, 3.05) is 6.61 Å². The molecule has 3 heterocycles. The maximum atomic E-state index is 9.29. The summed E-state index contributed by atoms with van der Waals surface area (Å²) in [7, 11) is 0. The van der Waals surface area contributed by atoms with E-state index in [1.807, 2.05) is 6.92 Å². The highest BCUT2D eigenvalue weighted by Gasteiger charge is 2.25. The van der Waals surface area contributed by atoms with Crippen LogP contribution in [0.1, 0.15) is 31.0 Å². The van der Waals surface area contributed by atoms with E-state index in [4.69, 9.17) is 0 Å². The molecule has 2 atom stereocenters. The largest absolute Gasteiger partial charge is 0.396 e. The summed E-state index contributed by atoms with van der Waals surface area (Å²) in [5, 5.41) is 21.9. The minimum absolute atomic E-state index is 0.00573. The van der Waals surface area contributed by atoms with Crippen molar-refractivity contribution in [3.8, 4) is 0 Å². The van der Waals surface area contributed by atoms with Crippen molar-refractivity contribution < 1.29 is 5.11 Å². The second-order valence-electron chi connectivity index (χ2n) is 4.72. The molecule has 1 aliphatic heterocycles. The second-order valence-corrected chi connectivity index (χ2v) is 4.72. The SMILES string of the molecule is CC(c1nnc2n1CC(CO)CC2)n1cncn1.